The molecule has 0 amide bonds. The zero-order valence-electron chi connectivity index (χ0n) is 15.5. The Morgan fingerprint density at radius 3 is 2.62 bits per heavy atom. The van der Waals surface area contributed by atoms with Crippen molar-refractivity contribution >= 4 is 5.78 Å². The van der Waals surface area contributed by atoms with Gasteiger partial charge in [-0.3, -0.25) is 4.79 Å². The normalized spacial score (nSPS) is 50.7. The molecule has 1 N–H and O–H groups in total. The van der Waals surface area contributed by atoms with Gasteiger partial charge in [0.25, 0.3) is 0 Å². The summed E-state index contributed by atoms with van der Waals surface area (Å²) in [5.41, 5.74) is -0.369. The predicted octanol–water partition coefficient (Wildman–Crippen LogP) is 2.75. The minimum Gasteiger partial charge on any atom is -0.392 e. The molecule has 26 heavy (non-hydrogen) atoms. The number of nitrogens with zero attached hydrogens (tertiary/aromatic N) is 2. The standard InChI is InChI=1S/C19H26N2O5/c1-9-4-5-19(21-25)7-12-11-8-26-13(11)6-14(22)18(12,3)17(23)16(20-24)15(9)10(19)2/h10-14,16,22H,4-8H2,1-3H3/t10-,11?,12?,13?,14+,16-,18+,19-/m1/s1. The number of nitroso groups, excluding NO2 is 2. The number of Topliss-reactive ketones (excluding diaryl/α,β-unsaturated/α-hetero) is 1. The molecule has 7 heteroatoms. The molecule has 1 saturated heterocycles. The largest absolute Gasteiger partial charge is 0.392 e. The van der Waals surface area contributed by atoms with E-state index in [0.717, 1.165) is 5.57 Å². The molecule has 3 aliphatic carbocycles. The molecule has 8 atom stereocenters. The lowest BCUT2D eigenvalue weighted by Crippen LogP contribution is -2.66. The van der Waals surface area contributed by atoms with E-state index in [1.54, 1.807) is 6.92 Å². The number of hydrogen-bond acceptors (Lipinski definition) is 7. The van der Waals surface area contributed by atoms with E-state index in [2.05, 4.69) is 10.4 Å². The molecule has 1 heterocycles. The average molecular weight is 362 g/mol. The molecule has 3 unspecified atom stereocenters. The Hall–Kier alpha value is -1.47. The molecule has 7 nitrogen and oxygen atoms in total. The lowest BCUT2D eigenvalue weighted by Gasteiger charge is -2.59. The highest BCUT2D eigenvalue weighted by Gasteiger charge is 2.65. The highest BCUT2D eigenvalue weighted by atomic mass is 16.5. The van der Waals surface area contributed by atoms with Gasteiger partial charge in [-0.15, -0.1) is 4.91 Å². The third-order valence-electron chi connectivity index (χ3n) is 8.05. The van der Waals surface area contributed by atoms with Gasteiger partial charge in [-0.2, -0.15) is 4.91 Å². The van der Waals surface area contributed by atoms with Gasteiger partial charge in [0, 0.05) is 18.3 Å². The van der Waals surface area contributed by atoms with E-state index in [4.69, 9.17) is 4.74 Å². The van der Waals surface area contributed by atoms with Crippen LogP contribution in [0.2, 0.25) is 0 Å². The van der Waals surface area contributed by atoms with Crippen LogP contribution in [0.15, 0.2) is 21.5 Å². The SMILES string of the molecule is CC1=C2[C@@H](N=O)C(=O)[C@@]3(C)C(C[C@](N=O)(CC1)[C@@H]2C)C1COC1C[C@@H]3O. The zero-order chi connectivity index (χ0) is 18.9. The number of ketones is 1. The number of allylic oxidation sites excluding steroid dienone is 1. The number of ether oxygens (including phenoxy) is 1. The van der Waals surface area contributed by atoms with Gasteiger partial charge in [0.05, 0.1) is 24.2 Å². The van der Waals surface area contributed by atoms with Gasteiger partial charge < -0.3 is 9.84 Å². The number of aliphatic hydroxyl groups is 1. The van der Waals surface area contributed by atoms with E-state index >= 15 is 0 Å². The van der Waals surface area contributed by atoms with Crippen LogP contribution in [0.4, 0.5) is 0 Å². The third-order valence-corrected chi connectivity index (χ3v) is 8.05. The van der Waals surface area contributed by atoms with Crippen molar-refractivity contribution in [2.24, 2.45) is 33.5 Å². The van der Waals surface area contributed by atoms with Crippen molar-refractivity contribution in [2.75, 3.05) is 6.61 Å². The summed E-state index contributed by atoms with van der Waals surface area (Å²) in [6.45, 7) is 6.06. The van der Waals surface area contributed by atoms with Crippen molar-refractivity contribution in [3.63, 3.8) is 0 Å². The molecular weight excluding hydrogens is 336 g/mol. The number of aliphatic hydroxyl groups excluding tert-OH is 1. The van der Waals surface area contributed by atoms with Crippen molar-refractivity contribution < 1.29 is 14.6 Å². The van der Waals surface area contributed by atoms with Crippen LogP contribution in [0.5, 0.6) is 0 Å². The van der Waals surface area contributed by atoms with E-state index in [0.29, 0.717) is 37.9 Å². The van der Waals surface area contributed by atoms with Gasteiger partial charge >= 0.3 is 0 Å². The van der Waals surface area contributed by atoms with Crippen LogP contribution in [0, 0.1) is 33.0 Å². The first kappa shape index (κ1) is 17.9. The van der Waals surface area contributed by atoms with Crippen molar-refractivity contribution in [3.8, 4) is 0 Å². The quantitative estimate of drug-likeness (QED) is 0.600. The Morgan fingerprint density at radius 2 is 2.04 bits per heavy atom. The van der Waals surface area contributed by atoms with Gasteiger partial charge in [-0.1, -0.05) is 22.9 Å². The first-order valence-electron chi connectivity index (χ1n) is 9.50. The highest BCUT2D eigenvalue weighted by Crippen LogP contribution is 2.59. The summed E-state index contributed by atoms with van der Waals surface area (Å²) in [5.74, 6) is -0.734. The maximum atomic E-state index is 13.5. The van der Waals surface area contributed by atoms with Crippen LogP contribution < -0.4 is 0 Å². The summed E-state index contributed by atoms with van der Waals surface area (Å²) in [6.07, 6.45) is 1.07. The molecule has 2 bridgehead atoms. The molecule has 2 saturated carbocycles. The molecule has 0 aromatic carbocycles. The second kappa shape index (κ2) is 5.76. The third kappa shape index (κ3) is 2.04. The number of carbonyl (C=O) groups excluding carboxylic acids is 1. The molecule has 3 fully saturated rings. The first-order valence-corrected chi connectivity index (χ1v) is 9.50. The molecular formula is C19H26N2O5. The Morgan fingerprint density at radius 1 is 1.31 bits per heavy atom. The van der Waals surface area contributed by atoms with E-state index in [1.807, 2.05) is 13.8 Å². The fourth-order valence-corrected chi connectivity index (χ4v) is 6.08. The van der Waals surface area contributed by atoms with Gasteiger partial charge in [0.2, 0.25) is 0 Å². The van der Waals surface area contributed by atoms with Crippen LogP contribution in [0.25, 0.3) is 0 Å². The van der Waals surface area contributed by atoms with Crippen molar-refractivity contribution in [3.05, 3.63) is 21.0 Å². The molecule has 1 aliphatic heterocycles. The summed E-state index contributed by atoms with van der Waals surface area (Å²) >= 11 is 0. The van der Waals surface area contributed by atoms with E-state index in [1.165, 1.54) is 0 Å². The summed E-state index contributed by atoms with van der Waals surface area (Å²) in [7, 11) is 0. The summed E-state index contributed by atoms with van der Waals surface area (Å²) in [4.78, 5) is 37.4. The zero-order valence-corrected chi connectivity index (χ0v) is 15.5. The smallest absolute Gasteiger partial charge is 0.173 e. The molecule has 4 aliphatic rings. The number of rotatable bonds is 2. The van der Waals surface area contributed by atoms with Gasteiger partial charge in [0.1, 0.15) is 5.54 Å². The first-order chi connectivity index (χ1) is 12.3. The molecule has 142 valence electrons. The Kier molecular flexibility index (Phi) is 3.97. The van der Waals surface area contributed by atoms with Gasteiger partial charge in [-0.25, -0.2) is 0 Å². The van der Waals surface area contributed by atoms with Crippen molar-refractivity contribution in [1.29, 1.82) is 0 Å². The predicted molar refractivity (Wildman–Crippen MR) is 94.3 cm³/mol. The van der Waals surface area contributed by atoms with E-state index in [9.17, 15) is 19.7 Å². The van der Waals surface area contributed by atoms with Gasteiger partial charge in [-0.05, 0) is 44.6 Å². The topological polar surface area (TPSA) is 105 Å². The van der Waals surface area contributed by atoms with Crippen LogP contribution in [-0.2, 0) is 9.53 Å². The molecule has 0 radical (unpaired) electrons. The maximum absolute atomic E-state index is 13.5. The number of carbonyl (C=O) groups is 1. The highest BCUT2D eigenvalue weighted by molar-refractivity contribution is 5.94. The second-order valence-corrected chi connectivity index (χ2v) is 8.90. The Labute approximate surface area is 152 Å². The molecule has 4 rings (SSSR count). The second-order valence-electron chi connectivity index (χ2n) is 8.90. The summed E-state index contributed by atoms with van der Waals surface area (Å²) in [5, 5.41) is 17.7. The van der Waals surface area contributed by atoms with Crippen LogP contribution in [0.1, 0.15) is 46.5 Å². The minimum atomic E-state index is -1.15. The molecule has 0 aromatic heterocycles. The fourth-order valence-electron chi connectivity index (χ4n) is 6.08. The Bertz CT molecular complexity index is 706. The maximum Gasteiger partial charge on any atom is 0.173 e. The Balaban J connectivity index is 1.92. The lowest BCUT2D eigenvalue weighted by atomic mass is 9.49. The van der Waals surface area contributed by atoms with Crippen molar-refractivity contribution in [2.45, 2.75) is 70.2 Å². The fraction of sp³-hybridized carbons (Fsp3) is 0.842. The minimum absolute atomic E-state index is 0.0858. The number of fused-ring (bicyclic) bond motifs is 5. The lowest BCUT2D eigenvalue weighted by molar-refractivity contribution is -0.227. The number of hydrogen-bond donors (Lipinski definition) is 1. The van der Waals surface area contributed by atoms with E-state index < -0.39 is 23.1 Å². The van der Waals surface area contributed by atoms with Crippen LogP contribution >= 0.6 is 0 Å². The van der Waals surface area contributed by atoms with Crippen LogP contribution in [-0.4, -0.2) is 41.3 Å². The summed E-state index contributed by atoms with van der Waals surface area (Å²) in [6, 6.07) is -1.15. The van der Waals surface area contributed by atoms with E-state index in [-0.39, 0.29) is 29.6 Å². The average Bonchev–Trinajstić information content (AvgIpc) is 2.60. The van der Waals surface area contributed by atoms with Crippen molar-refractivity contribution in [1.82, 2.24) is 0 Å². The monoisotopic (exact) mass is 362 g/mol. The summed E-state index contributed by atoms with van der Waals surface area (Å²) < 4.78 is 5.60. The van der Waals surface area contributed by atoms with Gasteiger partial charge in [0.15, 0.2) is 11.8 Å². The molecule has 0 spiro atoms. The molecule has 0 aromatic rings. The van der Waals surface area contributed by atoms with Crippen LogP contribution in [0.3, 0.4) is 0 Å².